The van der Waals surface area contributed by atoms with Crippen LogP contribution in [0.4, 0.5) is 0 Å². The summed E-state index contributed by atoms with van der Waals surface area (Å²) in [5, 5.41) is 0.818. The highest BCUT2D eigenvalue weighted by Crippen LogP contribution is 2.30. The van der Waals surface area contributed by atoms with Gasteiger partial charge in [-0.15, -0.1) is 0 Å². The van der Waals surface area contributed by atoms with Crippen LogP contribution in [0, 0.1) is 6.92 Å². The van der Waals surface area contributed by atoms with Crippen molar-refractivity contribution in [1.29, 1.82) is 0 Å². The van der Waals surface area contributed by atoms with Crippen molar-refractivity contribution in [1.82, 2.24) is 0 Å². The molecule has 0 N–H and O–H groups in total. The van der Waals surface area contributed by atoms with Gasteiger partial charge in [0.2, 0.25) is 0 Å². The minimum atomic E-state index is 0.266. The molecule has 1 nitrogen and oxygen atoms in total. The molecule has 3 heteroatoms. The average molecular weight is 336 g/mol. The first kappa shape index (κ1) is 13.0. The van der Waals surface area contributed by atoms with Crippen LogP contribution < -0.4 is 4.74 Å². The summed E-state index contributed by atoms with van der Waals surface area (Å²) in [7, 11) is 0. The third-order valence-corrected chi connectivity index (χ3v) is 3.42. The van der Waals surface area contributed by atoms with E-state index in [1.54, 1.807) is 0 Å². The highest BCUT2D eigenvalue weighted by molar-refractivity contribution is 9.10. The molecule has 0 saturated heterocycles. The Hall–Kier alpha value is -0.0200. The summed E-state index contributed by atoms with van der Waals surface area (Å²) in [5.74, 6) is 1.02. The highest BCUT2D eigenvalue weighted by atomic mass is 79.9. The first-order valence-corrected chi connectivity index (χ1v) is 7.01. The topological polar surface area (TPSA) is 9.23 Å². The molecule has 0 spiro atoms. The van der Waals surface area contributed by atoms with Crippen molar-refractivity contribution in [3.8, 4) is 5.75 Å². The summed E-state index contributed by atoms with van der Waals surface area (Å²) in [4.78, 5) is 0. The Morgan fingerprint density at radius 3 is 2.60 bits per heavy atom. The van der Waals surface area contributed by atoms with E-state index in [1.807, 2.05) is 0 Å². The van der Waals surface area contributed by atoms with Crippen molar-refractivity contribution in [3.05, 3.63) is 27.7 Å². The molecule has 0 heterocycles. The van der Waals surface area contributed by atoms with E-state index in [1.165, 1.54) is 11.1 Å². The summed E-state index contributed by atoms with van der Waals surface area (Å²) < 4.78 is 7.02. The maximum Gasteiger partial charge on any atom is 0.126 e. The van der Waals surface area contributed by atoms with Gasteiger partial charge in [-0.25, -0.2) is 0 Å². The Kier molecular flexibility index (Phi) is 5.13. The second kappa shape index (κ2) is 5.90. The Labute approximate surface area is 108 Å². The molecular formula is C12H16Br2O. The van der Waals surface area contributed by atoms with Crippen molar-refractivity contribution in [3.63, 3.8) is 0 Å². The lowest BCUT2D eigenvalue weighted by atomic mass is 10.1. The Bertz CT molecular complexity index is 337. The number of alkyl halides is 1. The quantitative estimate of drug-likeness (QED) is 0.716. The Morgan fingerprint density at radius 1 is 1.40 bits per heavy atom. The third-order valence-electron chi connectivity index (χ3n) is 2.35. The monoisotopic (exact) mass is 334 g/mol. The highest BCUT2D eigenvalue weighted by Gasteiger charge is 2.10. The molecule has 0 aliphatic heterocycles. The molecule has 0 fully saturated rings. The smallest absolute Gasteiger partial charge is 0.126 e. The van der Waals surface area contributed by atoms with Gasteiger partial charge in [0.1, 0.15) is 5.75 Å². The minimum Gasteiger partial charge on any atom is -0.490 e. The number of hydrogen-bond donors (Lipinski definition) is 0. The molecule has 1 rings (SSSR count). The van der Waals surface area contributed by atoms with Gasteiger partial charge in [-0.3, -0.25) is 0 Å². The fraction of sp³-hybridized carbons (Fsp3) is 0.500. The van der Waals surface area contributed by atoms with Gasteiger partial charge in [0.25, 0.3) is 0 Å². The number of hydrogen-bond acceptors (Lipinski definition) is 1. The molecule has 1 aromatic carbocycles. The van der Waals surface area contributed by atoms with Crippen molar-refractivity contribution < 1.29 is 4.74 Å². The zero-order valence-corrected chi connectivity index (χ0v) is 12.5. The summed E-state index contributed by atoms with van der Waals surface area (Å²) in [5.41, 5.74) is 2.38. The predicted octanol–water partition coefficient (Wildman–Crippen LogP) is 4.83. The number of benzene rings is 1. The van der Waals surface area contributed by atoms with E-state index in [0.717, 1.165) is 22.0 Å². The van der Waals surface area contributed by atoms with Crippen molar-refractivity contribution in [2.45, 2.75) is 38.6 Å². The number of ether oxygens (including phenoxy) is 1. The molecule has 0 amide bonds. The second-order valence-corrected chi connectivity index (χ2v) is 5.16. The van der Waals surface area contributed by atoms with E-state index in [9.17, 15) is 0 Å². The molecular weight excluding hydrogens is 320 g/mol. The van der Waals surface area contributed by atoms with Gasteiger partial charge in [0, 0.05) is 15.4 Å². The Balaban J connectivity index is 3.04. The van der Waals surface area contributed by atoms with Crippen molar-refractivity contribution in [2.75, 3.05) is 0 Å². The van der Waals surface area contributed by atoms with E-state index in [2.05, 4.69) is 64.8 Å². The largest absolute Gasteiger partial charge is 0.490 e. The fourth-order valence-electron chi connectivity index (χ4n) is 1.35. The molecule has 0 bridgehead atoms. The van der Waals surface area contributed by atoms with E-state index in [4.69, 9.17) is 4.74 Å². The molecule has 84 valence electrons. The van der Waals surface area contributed by atoms with E-state index in [0.29, 0.717) is 0 Å². The van der Waals surface area contributed by atoms with Gasteiger partial charge in [-0.05, 0) is 38.0 Å². The lowest BCUT2D eigenvalue weighted by Crippen LogP contribution is -2.11. The predicted molar refractivity (Wildman–Crippen MR) is 71.9 cm³/mol. The molecule has 0 aromatic heterocycles. The molecule has 0 aliphatic carbocycles. The Morgan fingerprint density at radius 2 is 2.07 bits per heavy atom. The molecule has 1 unspecified atom stereocenters. The van der Waals surface area contributed by atoms with E-state index in [-0.39, 0.29) is 6.10 Å². The zero-order chi connectivity index (χ0) is 11.4. The normalized spacial score (nSPS) is 12.6. The number of halogens is 2. The summed E-state index contributed by atoms with van der Waals surface area (Å²) in [6.07, 6.45) is 1.29. The molecule has 1 atom stereocenters. The van der Waals surface area contributed by atoms with Crippen LogP contribution in [0.25, 0.3) is 0 Å². The van der Waals surface area contributed by atoms with Crippen LogP contribution in [0.2, 0.25) is 0 Å². The van der Waals surface area contributed by atoms with E-state index >= 15 is 0 Å². The van der Waals surface area contributed by atoms with Gasteiger partial charge in [0.15, 0.2) is 0 Å². The number of rotatable bonds is 4. The molecule has 0 radical (unpaired) electrons. The van der Waals surface area contributed by atoms with E-state index < -0.39 is 0 Å². The van der Waals surface area contributed by atoms with Crippen LogP contribution in [0.3, 0.4) is 0 Å². The van der Waals surface area contributed by atoms with Crippen molar-refractivity contribution >= 4 is 31.9 Å². The molecule has 0 saturated carbocycles. The van der Waals surface area contributed by atoms with Gasteiger partial charge in [0.05, 0.1) is 6.10 Å². The van der Waals surface area contributed by atoms with Crippen LogP contribution in [0.1, 0.15) is 31.4 Å². The zero-order valence-electron chi connectivity index (χ0n) is 9.31. The van der Waals surface area contributed by atoms with Crippen molar-refractivity contribution in [2.24, 2.45) is 0 Å². The SMILES string of the molecule is CCC(C)Oc1c(C)cc(Br)cc1CBr. The van der Waals surface area contributed by atoms with Crippen LogP contribution in [0.15, 0.2) is 16.6 Å². The molecule has 0 aliphatic rings. The summed E-state index contributed by atoms with van der Waals surface area (Å²) in [6.45, 7) is 6.31. The van der Waals surface area contributed by atoms with Gasteiger partial charge in [-0.2, -0.15) is 0 Å². The van der Waals surface area contributed by atoms with Crippen LogP contribution in [-0.2, 0) is 5.33 Å². The molecule has 1 aromatic rings. The van der Waals surface area contributed by atoms with Crippen LogP contribution in [-0.4, -0.2) is 6.10 Å². The maximum atomic E-state index is 5.92. The summed E-state index contributed by atoms with van der Waals surface area (Å²) >= 11 is 6.98. The lowest BCUT2D eigenvalue weighted by Gasteiger charge is -2.18. The average Bonchev–Trinajstić information content (AvgIpc) is 2.21. The van der Waals surface area contributed by atoms with Gasteiger partial charge >= 0.3 is 0 Å². The van der Waals surface area contributed by atoms with Gasteiger partial charge in [-0.1, -0.05) is 38.8 Å². The summed E-state index contributed by atoms with van der Waals surface area (Å²) in [6, 6.07) is 4.18. The first-order chi connectivity index (χ1) is 7.08. The third kappa shape index (κ3) is 3.49. The minimum absolute atomic E-state index is 0.266. The standard InChI is InChI=1S/C12H16Br2O/c1-4-9(3)15-12-8(2)5-11(14)6-10(12)7-13/h5-6,9H,4,7H2,1-3H3. The van der Waals surface area contributed by atoms with Crippen LogP contribution >= 0.6 is 31.9 Å². The lowest BCUT2D eigenvalue weighted by molar-refractivity contribution is 0.214. The van der Waals surface area contributed by atoms with Crippen LogP contribution in [0.5, 0.6) is 5.75 Å². The molecule has 15 heavy (non-hydrogen) atoms. The first-order valence-electron chi connectivity index (χ1n) is 5.10. The number of aryl methyl sites for hydroxylation is 1. The second-order valence-electron chi connectivity index (χ2n) is 3.68. The van der Waals surface area contributed by atoms with Gasteiger partial charge < -0.3 is 4.74 Å². The fourth-order valence-corrected chi connectivity index (χ4v) is 2.39. The maximum absolute atomic E-state index is 5.92.